The van der Waals surface area contributed by atoms with Crippen LogP contribution in [0.5, 0.6) is 0 Å². The summed E-state index contributed by atoms with van der Waals surface area (Å²) in [5.74, 6) is 0. The van der Waals surface area contributed by atoms with Crippen molar-refractivity contribution < 1.29 is 8.42 Å². The van der Waals surface area contributed by atoms with Crippen molar-refractivity contribution in [2.24, 2.45) is 5.14 Å². The van der Waals surface area contributed by atoms with Crippen LogP contribution < -0.4 is 5.14 Å². The summed E-state index contributed by atoms with van der Waals surface area (Å²) in [6.07, 6.45) is 0. The zero-order valence-electron chi connectivity index (χ0n) is 8.93. The van der Waals surface area contributed by atoms with Crippen molar-refractivity contribution in [3.8, 4) is 12.1 Å². The number of nitrogens with zero attached hydrogens (tertiary/aromatic N) is 2. The predicted octanol–water partition coefficient (Wildman–Crippen LogP) is 0.984. The van der Waals surface area contributed by atoms with Gasteiger partial charge in [0.2, 0.25) is 10.0 Å². The summed E-state index contributed by atoms with van der Waals surface area (Å²) in [7, 11) is -3.55. The van der Waals surface area contributed by atoms with Crippen LogP contribution in [-0.2, 0) is 10.0 Å². The minimum absolute atomic E-state index is 0.202. The first-order valence-corrected chi connectivity index (χ1v) is 5.75. The Bertz CT molecular complexity index is 538. The van der Waals surface area contributed by atoms with Gasteiger partial charge in [0.1, 0.15) is 0 Å². The lowest BCUT2D eigenvalue weighted by Crippen LogP contribution is -2.13. The molecule has 0 aliphatic heterocycles. The van der Waals surface area contributed by atoms with Crippen molar-refractivity contribution in [1.82, 2.24) is 0 Å². The molecule has 0 atom stereocenters. The third kappa shape index (κ3) is 4.56. The standard InChI is InChI=1S/C8H11NO2S.C2N2/c1-6-3-4-8(7(2)5-6)12(9,10)11;3-1-2-4/h3-5H,1-2H3,(H2,9,10,11);. The largest absolute Gasteiger partial charge is 0.238 e. The van der Waals surface area contributed by atoms with Crippen LogP contribution in [0.25, 0.3) is 0 Å². The number of nitrogens with two attached hydrogens (primary N) is 1. The average molecular weight is 237 g/mol. The molecule has 0 aliphatic rings. The monoisotopic (exact) mass is 237 g/mol. The number of rotatable bonds is 1. The average Bonchev–Trinajstić information content (AvgIpc) is 2.16. The molecule has 0 aromatic heterocycles. The van der Waals surface area contributed by atoms with Gasteiger partial charge in [-0.1, -0.05) is 17.7 Å². The van der Waals surface area contributed by atoms with E-state index in [0.29, 0.717) is 5.56 Å². The van der Waals surface area contributed by atoms with Crippen molar-refractivity contribution in [1.29, 1.82) is 10.5 Å². The molecule has 5 nitrogen and oxygen atoms in total. The first-order chi connectivity index (χ1) is 7.32. The van der Waals surface area contributed by atoms with Gasteiger partial charge in [-0.15, -0.1) is 0 Å². The zero-order chi connectivity index (χ0) is 12.8. The molecule has 84 valence electrons. The smallest absolute Gasteiger partial charge is 0.225 e. The molecule has 2 N–H and O–H groups in total. The highest BCUT2D eigenvalue weighted by Gasteiger charge is 2.09. The van der Waals surface area contributed by atoms with Crippen LogP contribution in [0, 0.1) is 36.5 Å². The highest BCUT2D eigenvalue weighted by atomic mass is 32.2. The molecule has 0 saturated carbocycles. The highest BCUT2D eigenvalue weighted by Crippen LogP contribution is 2.14. The van der Waals surface area contributed by atoms with E-state index >= 15 is 0 Å². The van der Waals surface area contributed by atoms with Gasteiger partial charge in [-0.3, -0.25) is 0 Å². The maximum atomic E-state index is 10.9. The Kier molecular flexibility index (Phi) is 5.17. The van der Waals surface area contributed by atoms with Gasteiger partial charge in [-0.2, -0.15) is 10.5 Å². The van der Waals surface area contributed by atoms with Crippen LogP contribution in [0.4, 0.5) is 0 Å². The van der Waals surface area contributed by atoms with Crippen molar-refractivity contribution >= 4 is 10.0 Å². The molecule has 0 aliphatic carbocycles. The van der Waals surface area contributed by atoms with E-state index in [0.717, 1.165) is 5.56 Å². The Morgan fingerprint density at radius 3 is 2.00 bits per heavy atom. The third-order valence-electron chi connectivity index (χ3n) is 1.69. The van der Waals surface area contributed by atoms with Crippen LogP contribution in [0.1, 0.15) is 11.1 Å². The van der Waals surface area contributed by atoms with Gasteiger partial charge in [0.15, 0.2) is 12.1 Å². The van der Waals surface area contributed by atoms with E-state index in [1.54, 1.807) is 19.1 Å². The summed E-state index contributed by atoms with van der Waals surface area (Å²) < 4.78 is 21.9. The number of hydrogen-bond donors (Lipinski definition) is 1. The molecule has 0 unspecified atom stereocenters. The van der Waals surface area contributed by atoms with Crippen LogP contribution in [-0.4, -0.2) is 8.42 Å². The van der Waals surface area contributed by atoms with Crippen molar-refractivity contribution in [2.45, 2.75) is 18.7 Å². The normalized spacial score (nSPS) is 9.31. The van der Waals surface area contributed by atoms with E-state index < -0.39 is 10.0 Å². The van der Waals surface area contributed by atoms with Gasteiger partial charge in [0, 0.05) is 0 Å². The Morgan fingerprint density at radius 1 is 1.19 bits per heavy atom. The minimum atomic E-state index is -3.55. The summed E-state index contributed by atoms with van der Waals surface area (Å²) in [6, 6.07) is 7.52. The number of hydrogen-bond acceptors (Lipinski definition) is 4. The molecule has 0 bridgehead atoms. The van der Waals surface area contributed by atoms with Gasteiger partial charge in [-0.25, -0.2) is 13.6 Å². The van der Waals surface area contributed by atoms with Gasteiger partial charge in [0.25, 0.3) is 0 Å². The molecule has 6 heteroatoms. The second kappa shape index (κ2) is 5.86. The molecular weight excluding hydrogens is 226 g/mol. The number of aryl methyl sites for hydroxylation is 2. The fraction of sp³-hybridized carbons (Fsp3) is 0.200. The molecule has 0 spiro atoms. The van der Waals surface area contributed by atoms with Gasteiger partial charge >= 0.3 is 0 Å². The fourth-order valence-corrected chi connectivity index (χ4v) is 1.88. The Morgan fingerprint density at radius 2 is 1.69 bits per heavy atom. The Hall–Kier alpha value is -1.89. The van der Waals surface area contributed by atoms with Crippen molar-refractivity contribution in [2.75, 3.05) is 0 Å². The number of benzene rings is 1. The third-order valence-corrected chi connectivity index (χ3v) is 2.76. The second-order valence-corrected chi connectivity index (χ2v) is 4.57. The summed E-state index contributed by atoms with van der Waals surface area (Å²) in [5.41, 5.74) is 1.72. The molecule has 1 aromatic carbocycles. The quantitative estimate of drug-likeness (QED) is 0.785. The fourth-order valence-electron chi connectivity index (χ4n) is 1.12. The molecule has 0 radical (unpaired) electrons. The zero-order valence-corrected chi connectivity index (χ0v) is 9.75. The van der Waals surface area contributed by atoms with Crippen molar-refractivity contribution in [3.05, 3.63) is 29.3 Å². The highest BCUT2D eigenvalue weighted by molar-refractivity contribution is 7.89. The second-order valence-electron chi connectivity index (χ2n) is 3.04. The SMILES string of the molecule is Cc1ccc(S(N)(=O)=O)c(C)c1.N#CC#N. The minimum Gasteiger partial charge on any atom is -0.225 e. The van der Waals surface area contributed by atoms with Crippen LogP contribution in [0.15, 0.2) is 23.1 Å². The molecule has 0 saturated heterocycles. The summed E-state index contributed by atoms with van der Waals surface area (Å²) >= 11 is 0. The number of nitriles is 2. The predicted molar refractivity (Wildman–Crippen MR) is 58.5 cm³/mol. The van der Waals surface area contributed by atoms with E-state index in [-0.39, 0.29) is 4.90 Å². The van der Waals surface area contributed by atoms with Crippen LogP contribution in [0.3, 0.4) is 0 Å². The number of primary sulfonamides is 1. The van der Waals surface area contributed by atoms with Crippen LogP contribution in [0.2, 0.25) is 0 Å². The molecule has 0 fully saturated rings. The first kappa shape index (κ1) is 14.1. The molecule has 0 heterocycles. The molecule has 16 heavy (non-hydrogen) atoms. The summed E-state index contributed by atoms with van der Waals surface area (Å²) in [4.78, 5) is 0.202. The number of sulfonamides is 1. The molecule has 1 aromatic rings. The van der Waals surface area contributed by atoms with Gasteiger partial charge in [0.05, 0.1) is 4.90 Å². The molecular formula is C10H11N3O2S. The summed E-state index contributed by atoms with van der Waals surface area (Å²) in [6.45, 7) is 3.63. The maximum absolute atomic E-state index is 10.9. The van der Waals surface area contributed by atoms with Gasteiger partial charge in [-0.05, 0) is 25.5 Å². The van der Waals surface area contributed by atoms with E-state index in [9.17, 15) is 8.42 Å². The van der Waals surface area contributed by atoms with E-state index in [4.69, 9.17) is 15.7 Å². The lowest BCUT2D eigenvalue weighted by Gasteiger charge is -2.02. The van der Waals surface area contributed by atoms with Gasteiger partial charge < -0.3 is 0 Å². The maximum Gasteiger partial charge on any atom is 0.238 e. The lowest BCUT2D eigenvalue weighted by molar-refractivity contribution is 0.597. The van der Waals surface area contributed by atoms with E-state index in [1.807, 2.05) is 6.92 Å². The van der Waals surface area contributed by atoms with E-state index in [1.165, 1.54) is 18.2 Å². The Balaban J connectivity index is 0.000000487. The lowest BCUT2D eigenvalue weighted by atomic mass is 10.2. The first-order valence-electron chi connectivity index (χ1n) is 4.21. The van der Waals surface area contributed by atoms with E-state index in [2.05, 4.69) is 0 Å². The summed E-state index contributed by atoms with van der Waals surface area (Å²) in [5, 5.41) is 19.5. The molecule has 1 rings (SSSR count). The Labute approximate surface area is 94.8 Å². The topological polar surface area (TPSA) is 108 Å². The molecule has 0 amide bonds. The van der Waals surface area contributed by atoms with Crippen molar-refractivity contribution in [3.63, 3.8) is 0 Å². The van der Waals surface area contributed by atoms with Crippen LogP contribution >= 0.6 is 0 Å².